The van der Waals surface area contributed by atoms with E-state index in [2.05, 4.69) is 31.7 Å². The number of fused-ring (bicyclic) bond motifs is 2. The first-order valence-electron chi connectivity index (χ1n) is 8.69. The Bertz CT molecular complexity index is 836. The van der Waals surface area contributed by atoms with Crippen LogP contribution in [0.25, 0.3) is 10.9 Å². The SMILES string of the molecule is C=CCNC(=S)N1CCN(c2ncnc3cc4c(cc23)OCCO4)CC1. The second-order valence-electron chi connectivity index (χ2n) is 6.16. The molecule has 2 aromatic rings. The van der Waals surface area contributed by atoms with Gasteiger partial charge in [0.15, 0.2) is 16.6 Å². The number of benzene rings is 1. The van der Waals surface area contributed by atoms with Crippen LogP contribution in [0.4, 0.5) is 5.82 Å². The van der Waals surface area contributed by atoms with Gasteiger partial charge in [0.1, 0.15) is 25.4 Å². The van der Waals surface area contributed by atoms with Gasteiger partial charge < -0.3 is 24.6 Å². The van der Waals surface area contributed by atoms with Crippen LogP contribution in [-0.2, 0) is 0 Å². The Morgan fingerprint density at radius 3 is 2.62 bits per heavy atom. The van der Waals surface area contributed by atoms with Crippen molar-refractivity contribution in [2.45, 2.75) is 0 Å². The number of nitrogens with zero attached hydrogens (tertiary/aromatic N) is 4. The van der Waals surface area contributed by atoms with Crippen molar-refractivity contribution in [2.75, 3.05) is 50.8 Å². The van der Waals surface area contributed by atoms with Crippen molar-refractivity contribution in [3.8, 4) is 11.5 Å². The average Bonchev–Trinajstić information content (AvgIpc) is 2.70. The van der Waals surface area contributed by atoms with E-state index in [0.717, 1.165) is 59.5 Å². The smallest absolute Gasteiger partial charge is 0.169 e. The first-order chi connectivity index (χ1) is 12.8. The lowest BCUT2D eigenvalue weighted by Gasteiger charge is -2.37. The predicted molar refractivity (Wildman–Crippen MR) is 105 cm³/mol. The lowest BCUT2D eigenvalue weighted by Crippen LogP contribution is -2.52. The summed E-state index contributed by atoms with van der Waals surface area (Å²) in [6, 6.07) is 3.92. The molecule has 2 aliphatic rings. The summed E-state index contributed by atoms with van der Waals surface area (Å²) in [5.74, 6) is 2.43. The van der Waals surface area contributed by atoms with E-state index >= 15 is 0 Å². The Morgan fingerprint density at radius 2 is 1.88 bits per heavy atom. The number of nitrogens with one attached hydrogen (secondary N) is 1. The molecule has 1 fully saturated rings. The molecule has 8 heteroatoms. The Balaban J connectivity index is 1.54. The van der Waals surface area contributed by atoms with Gasteiger partial charge in [0.25, 0.3) is 0 Å². The second-order valence-corrected chi connectivity index (χ2v) is 6.55. The van der Waals surface area contributed by atoms with Gasteiger partial charge in [-0.3, -0.25) is 0 Å². The van der Waals surface area contributed by atoms with Crippen LogP contribution in [-0.4, -0.2) is 65.9 Å². The zero-order chi connectivity index (χ0) is 17.9. The first kappa shape index (κ1) is 16.8. The van der Waals surface area contributed by atoms with Crippen LogP contribution in [0.5, 0.6) is 11.5 Å². The molecule has 1 aromatic carbocycles. The van der Waals surface area contributed by atoms with Gasteiger partial charge in [0.2, 0.25) is 0 Å². The summed E-state index contributed by atoms with van der Waals surface area (Å²) < 4.78 is 11.4. The van der Waals surface area contributed by atoms with E-state index in [0.29, 0.717) is 19.8 Å². The third-order valence-electron chi connectivity index (χ3n) is 4.54. The maximum atomic E-state index is 5.72. The Kier molecular flexibility index (Phi) is 4.75. The minimum absolute atomic E-state index is 0.565. The van der Waals surface area contributed by atoms with E-state index < -0.39 is 0 Å². The molecular weight excluding hydrogens is 350 g/mol. The lowest BCUT2D eigenvalue weighted by atomic mass is 10.2. The summed E-state index contributed by atoms with van der Waals surface area (Å²) >= 11 is 5.43. The van der Waals surface area contributed by atoms with Gasteiger partial charge in [-0.1, -0.05) is 6.08 Å². The van der Waals surface area contributed by atoms with Gasteiger partial charge >= 0.3 is 0 Å². The van der Waals surface area contributed by atoms with Crippen molar-refractivity contribution >= 4 is 34.1 Å². The molecule has 136 valence electrons. The number of aromatic nitrogens is 2. The third kappa shape index (κ3) is 3.24. The van der Waals surface area contributed by atoms with Gasteiger partial charge in [-0.25, -0.2) is 9.97 Å². The molecule has 0 atom stereocenters. The molecule has 1 aromatic heterocycles. The predicted octanol–water partition coefficient (Wildman–Crippen LogP) is 1.58. The summed E-state index contributed by atoms with van der Waals surface area (Å²) in [7, 11) is 0. The quantitative estimate of drug-likeness (QED) is 0.645. The molecule has 7 nitrogen and oxygen atoms in total. The van der Waals surface area contributed by atoms with Crippen molar-refractivity contribution in [2.24, 2.45) is 0 Å². The molecule has 0 unspecified atom stereocenters. The van der Waals surface area contributed by atoms with Crippen molar-refractivity contribution in [1.29, 1.82) is 0 Å². The summed E-state index contributed by atoms with van der Waals surface area (Å²) in [5, 5.41) is 4.94. The van der Waals surface area contributed by atoms with Crippen LogP contribution in [0.3, 0.4) is 0 Å². The Morgan fingerprint density at radius 1 is 1.15 bits per heavy atom. The molecule has 0 amide bonds. The fourth-order valence-corrected chi connectivity index (χ4v) is 3.49. The zero-order valence-electron chi connectivity index (χ0n) is 14.5. The average molecular weight is 371 g/mol. The number of piperazine rings is 1. The summed E-state index contributed by atoms with van der Waals surface area (Å²) in [6.45, 7) is 8.90. The maximum absolute atomic E-state index is 5.72. The van der Waals surface area contributed by atoms with E-state index in [1.165, 1.54) is 0 Å². The minimum atomic E-state index is 0.565. The first-order valence-corrected chi connectivity index (χ1v) is 9.10. The molecule has 3 heterocycles. The van der Waals surface area contributed by atoms with Crippen molar-refractivity contribution in [3.63, 3.8) is 0 Å². The highest BCUT2D eigenvalue weighted by Gasteiger charge is 2.23. The van der Waals surface area contributed by atoms with Crippen molar-refractivity contribution in [1.82, 2.24) is 20.2 Å². The van der Waals surface area contributed by atoms with Crippen LogP contribution in [0.2, 0.25) is 0 Å². The molecule has 0 aliphatic carbocycles. The van der Waals surface area contributed by atoms with Crippen molar-refractivity contribution < 1.29 is 9.47 Å². The van der Waals surface area contributed by atoms with Crippen LogP contribution in [0, 0.1) is 0 Å². The van der Waals surface area contributed by atoms with Gasteiger partial charge in [-0.05, 0) is 18.3 Å². The third-order valence-corrected chi connectivity index (χ3v) is 4.94. The monoisotopic (exact) mass is 371 g/mol. The second kappa shape index (κ2) is 7.33. The number of hydrogen-bond donors (Lipinski definition) is 1. The highest BCUT2D eigenvalue weighted by atomic mass is 32.1. The van der Waals surface area contributed by atoms with Gasteiger partial charge in [-0.2, -0.15) is 0 Å². The Labute approximate surface area is 157 Å². The molecule has 0 saturated carbocycles. The summed E-state index contributed by atoms with van der Waals surface area (Å²) in [6.07, 6.45) is 3.42. The van der Waals surface area contributed by atoms with E-state index in [4.69, 9.17) is 21.7 Å². The Hall–Kier alpha value is -2.61. The molecule has 26 heavy (non-hydrogen) atoms. The summed E-state index contributed by atoms with van der Waals surface area (Å²) in [5.41, 5.74) is 0.866. The highest BCUT2D eigenvalue weighted by Crippen LogP contribution is 2.36. The number of hydrogen-bond acceptors (Lipinski definition) is 6. The molecule has 4 rings (SSSR count). The molecule has 1 saturated heterocycles. The number of anilines is 1. The largest absolute Gasteiger partial charge is 0.486 e. The van der Waals surface area contributed by atoms with Gasteiger partial charge in [0.05, 0.1) is 5.52 Å². The van der Waals surface area contributed by atoms with E-state index in [1.807, 2.05) is 18.2 Å². The fraction of sp³-hybridized carbons (Fsp3) is 0.389. The van der Waals surface area contributed by atoms with Crippen LogP contribution in [0.1, 0.15) is 0 Å². The maximum Gasteiger partial charge on any atom is 0.169 e. The van der Waals surface area contributed by atoms with Crippen LogP contribution >= 0.6 is 12.2 Å². The summed E-state index contributed by atoms with van der Waals surface area (Å²) in [4.78, 5) is 13.4. The van der Waals surface area contributed by atoms with E-state index in [-0.39, 0.29) is 0 Å². The fourth-order valence-electron chi connectivity index (χ4n) is 3.22. The molecule has 1 N–H and O–H groups in total. The van der Waals surface area contributed by atoms with E-state index in [9.17, 15) is 0 Å². The zero-order valence-corrected chi connectivity index (χ0v) is 15.3. The molecule has 0 spiro atoms. The van der Waals surface area contributed by atoms with Gasteiger partial charge in [-0.15, -0.1) is 6.58 Å². The van der Waals surface area contributed by atoms with Crippen LogP contribution in [0.15, 0.2) is 31.1 Å². The normalized spacial score (nSPS) is 16.5. The number of ether oxygens (including phenoxy) is 2. The van der Waals surface area contributed by atoms with E-state index in [1.54, 1.807) is 6.33 Å². The lowest BCUT2D eigenvalue weighted by molar-refractivity contribution is 0.172. The standard InChI is InChI=1S/C18H21N5O2S/c1-2-3-19-18(26)23-6-4-22(5-7-23)17-13-10-15-16(25-9-8-24-15)11-14(13)20-12-21-17/h2,10-12H,1,3-9H2,(H,19,26). The molecular formula is C18H21N5O2S. The highest BCUT2D eigenvalue weighted by molar-refractivity contribution is 7.80. The number of rotatable bonds is 3. The van der Waals surface area contributed by atoms with Crippen molar-refractivity contribution in [3.05, 3.63) is 31.1 Å². The van der Waals surface area contributed by atoms with Crippen LogP contribution < -0.4 is 19.7 Å². The topological polar surface area (TPSA) is 62.8 Å². The molecule has 0 bridgehead atoms. The van der Waals surface area contributed by atoms with Gasteiger partial charge in [0, 0.05) is 44.2 Å². The number of thiocarbonyl (C=S) groups is 1. The molecule has 2 aliphatic heterocycles. The minimum Gasteiger partial charge on any atom is -0.486 e. The molecule has 0 radical (unpaired) electrons.